The third kappa shape index (κ3) is 6.30. The van der Waals surface area contributed by atoms with E-state index in [0.717, 1.165) is 52.2 Å². The van der Waals surface area contributed by atoms with Gasteiger partial charge in [-0.2, -0.15) is 0 Å². The second-order valence-electron chi connectivity index (χ2n) is 6.29. The number of morpholine rings is 1. The lowest BCUT2D eigenvalue weighted by Gasteiger charge is -2.40. The van der Waals surface area contributed by atoms with E-state index in [1.54, 1.807) is 12.1 Å². The number of rotatable bonds is 2. The number of amides is 1. The summed E-state index contributed by atoms with van der Waals surface area (Å²) in [6.07, 6.45) is 2.01. The van der Waals surface area contributed by atoms with Gasteiger partial charge in [-0.25, -0.2) is 14.0 Å². The second kappa shape index (κ2) is 9.98. The van der Waals surface area contributed by atoms with E-state index in [4.69, 9.17) is 24.5 Å². The van der Waals surface area contributed by atoms with Gasteiger partial charge in [0.25, 0.3) is 5.91 Å². The van der Waals surface area contributed by atoms with Gasteiger partial charge in [0.1, 0.15) is 5.82 Å². The van der Waals surface area contributed by atoms with E-state index >= 15 is 0 Å². The van der Waals surface area contributed by atoms with Gasteiger partial charge in [0.2, 0.25) is 0 Å². The molecule has 2 heterocycles. The molecule has 2 aliphatic heterocycles. The fourth-order valence-electron chi connectivity index (χ4n) is 3.15. The zero-order valence-corrected chi connectivity index (χ0v) is 14.8. The number of piperidine rings is 1. The molecular weight excluding hydrogens is 359 g/mol. The Morgan fingerprint density at radius 1 is 0.926 bits per heavy atom. The van der Waals surface area contributed by atoms with E-state index in [0.29, 0.717) is 11.6 Å². The Labute approximate surface area is 156 Å². The number of aliphatic carboxylic acids is 2. The van der Waals surface area contributed by atoms with Crippen molar-refractivity contribution in [1.82, 2.24) is 9.80 Å². The highest BCUT2D eigenvalue weighted by atomic mass is 19.1. The lowest BCUT2D eigenvalue weighted by molar-refractivity contribution is -0.159. The van der Waals surface area contributed by atoms with Crippen molar-refractivity contribution in [2.75, 3.05) is 39.4 Å². The van der Waals surface area contributed by atoms with Gasteiger partial charge in [-0.15, -0.1) is 0 Å². The normalized spacial score (nSPS) is 18.3. The summed E-state index contributed by atoms with van der Waals surface area (Å²) < 4.78 is 18.3. The lowest BCUT2D eigenvalue weighted by Crippen LogP contribution is -2.50. The Kier molecular flexibility index (Phi) is 7.68. The highest BCUT2D eigenvalue weighted by Gasteiger charge is 2.28. The molecule has 0 radical (unpaired) electrons. The van der Waals surface area contributed by atoms with Crippen molar-refractivity contribution >= 4 is 17.8 Å². The number of ether oxygens (including phenoxy) is 1. The molecule has 2 saturated heterocycles. The van der Waals surface area contributed by atoms with Crippen molar-refractivity contribution in [3.63, 3.8) is 0 Å². The fraction of sp³-hybridized carbons (Fsp3) is 0.500. The number of carboxylic acids is 2. The van der Waals surface area contributed by atoms with E-state index in [2.05, 4.69) is 4.90 Å². The van der Waals surface area contributed by atoms with Crippen molar-refractivity contribution in [3.05, 3.63) is 35.6 Å². The van der Waals surface area contributed by atoms with E-state index in [-0.39, 0.29) is 11.7 Å². The average molecular weight is 382 g/mol. The van der Waals surface area contributed by atoms with Gasteiger partial charge in [0, 0.05) is 37.8 Å². The number of benzene rings is 1. The van der Waals surface area contributed by atoms with Crippen molar-refractivity contribution in [1.29, 1.82) is 0 Å². The molecule has 2 aliphatic rings. The van der Waals surface area contributed by atoms with Crippen molar-refractivity contribution < 1.29 is 33.7 Å². The maximum Gasteiger partial charge on any atom is 0.414 e. The third-order valence-electron chi connectivity index (χ3n) is 4.59. The van der Waals surface area contributed by atoms with Crippen molar-refractivity contribution in [3.8, 4) is 0 Å². The lowest BCUT2D eigenvalue weighted by atomic mass is 10.0. The molecule has 0 aromatic heterocycles. The molecule has 9 heteroatoms. The summed E-state index contributed by atoms with van der Waals surface area (Å²) in [5, 5.41) is 14.8. The van der Waals surface area contributed by atoms with Gasteiger partial charge >= 0.3 is 11.9 Å². The largest absolute Gasteiger partial charge is 0.473 e. The summed E-state index contributed by atoms with van der Waals surface area (Å²) in [5.74, 6) is -3.95. The molecule has 0 saturated carbocycles. The smallest absolute Gasteiger partial charge is 0.414 e. The second-order valence-corrected chi connectivity index (χ2v) is 6.29. The molecule has 2 fully saturated rings. The Balaban J connectivity index is 0.000000380. The van der Waals surface area contributed by atoms with E-state index in [9.17, 15) is 9.18 Å². The molecule has 0 spiro atoms. The minimum atomic E-state index is -1.82. The maximum absolute atomic E-state index is 12.9. The number of halogens is 1. The first-order valence-electron chi connectivity index (χ1n) is 8.71. The zero-order valence-electron chi connectivity index (χ0n) is 14.8. The van der Waals surface area contributed by atoms with Crippen LogP contribution in [0.4, 0.5) is 4.39 Å². The molecule has 0 aliphatic carbocycles. The van der Waals surface area contributed by atoms with Crippen LogP contribution in [0.25, 0.3) is 0 Å². The van der Waals surface area contributed by atoms with E-state index in [1.807, 2.05) is 4.90 Å². The Morgan fingerprint density at radius 3 is 1.93 bits per heavy atom. The van der Waals surface area contributed by atoms with Crippen LogP contribution in [0.3, 0.4) is 0 Å². The molecule has 2 N–H and O–H groups in total. The van der Waals surface area contributed by atoms with E-state index in [1.165, 1.54) is 12.1 Å². The van der Waals surface area contributed by atoms with Gasteiger partial charge in [-0.3, -0.25) is 9.69 Å². The number of nitrogens with zero attached hydrogens (tertiary/aromatic N) is 2. The molecular formula is C18H23FN2O6. The number of hydrogen-bond donors (Lipinski definition) is 2. The number of carbonyl (C=O) groups is 3. The predicted octanol–water partition coefficient (Wildman–Crippen LogP) is 0.918. The molecule has 0 atom stereocenters. The van der Waals surface area contributed by atoms with Gasteiger partial charge in [0.15, 0.2) is 0 Å². The molecule has 0 bridgehead atoms. The molecule has 27 heavy (non-hydrogen) atoms. The monoisotopic (exact) mass is 382 g/mol. The molecule has 3 rings (SSSR count). The van der Waals surface area contributed by atoms with Crippen LogP contribution in [-0.4, -0.2) is 83.3 Å². The molecule has 8 nitrogen and oxygen atoms in total. The Morgan fingerprint density at radius 2 is 1.44 bits per heavy atom. The predicted molar refractivity (Wildman–Crippen MR) is 93.0 cm³/mol. The van der Waals surface area contributed by atoms with Crippen LogP contribution in [-0.2, 0) is 14.3 Å². The summed E-state index contributed by atoms with van der Waals surface area (Å²) in [6.45, 7) is 5.17. The first-order chi connectivity index (χ1) is 12.9. The average Bonchev–Trinajstić information content (AvgIpc) is 2.69. The number of carboxylic acid groups (broad SMARTS) is 2. The summed E-state index contributed by atoms with van der Waals surface area (Å²) in [5.41, 5.74) is 0.571. The standard InChI is InChI=1S/C16H21FN2O2.C2H2O4/c17-14-3-1-13(2-4-14)16(20)19-7-5-15(6-8-19)18-9-11-21-12-10-18;3-1(4)2(5)6/h1-4,15H,5-12H2;(H,3,4)(H,5,6). The van der Waals surface area contributed by atoms with E-state index < -0.39 is 11.9 Å². The highest BCUT2D eigenvalue weighted by Crippen LogP contribution is 2.19. The van der Waals surface area contributed by atoms with Crippen LogP contribution in [0, 0.1) is 5.82 Å². The topological polar surface area (TPSA) is 107 Å². The van der Waals surface area contributed by atoms with Gasteiger partial charge < -0.3 is 19.8 Å². The zero-order chi connectivity index (χ0) is 19.8. The summed E-state index contributed by atoms with van der Waals surface area (Å²) >= 11 is 0. The number of carbonyl (C=O) groups excluding carboxylic acids is 1. The first-order valence-corrected chi connectivity index (χ1v) is 8.71. The molecule has 148 valence electrons. The van der Waals surface area contributed by atoms with Crippen molar-refractivity contribution in [2.45, 2.75) is 18.9 Å². The quantitative estimate of drug-likeness (QED) is 0.733. The minimum Gasteiger partial charge on any atom is -0.473 e. The fourth-order valence-corrected chi connectivity index (χ4v) is 3.15. The molecule has 0 unspecified atom stereocenters. The highest BCUT2D eigenvalue weighted by molar-refractivity contribution is 6.27. The van der Waals surface area contributed by atoms with Gasteiger partial charge in [0.05, 0.1) is 13.2 Å². The first kappa shape index (κ1) is 20.8. The SMILES string of the molecule is O=C(O)C(=O)O.O=C(c1ccc(F)cc1)N1CCC(N2CCOCC2)CC1. The Bertz CT molecular complexity index is 640. The van der Waals surface area contributed by atoms with Crippen LogP contribution < -0.4 is 0 Å². The van der Waals surface area contributed by atoms with Crippen LogP contribution in [0.2, 0.25) is 0 Å². The van der Waals surface area contributed by atoms with Crippen LogP contribution in [0.5, 0.6) is 0 Å². The van der Waals surface area contributed by atoms with Crippen LogP contribution in [0.1, 0.15) is 23.2 Å². The summed E-state index contributed by atoms with van der Waals surface area (Å²) in [4.78, 5) is 34.9. The summed E-state index contributed by atoms with van der Waals surface area (Å²) in [6, 6.07) is 6.37. The third-order valence-corrected chi connectivity index (χ3v) is 4.59. The Hall–Kier alpha value is -2.52. The van der Waals surface area contributed by atoms with Crippen LogP contribution >= 0.6 is 0 Å². The van der Waals surface area contributed by atoms with Crippen molar-refractivity contribution in [2.24, 2.45) is 0 Å². The van der Waals surface area contributed by atoms with Gasteiger partial charge in [-0.05, 0) is 37.1 Å². The minimum absolute atomic E-state index is 0.00966. The molecule has 1 amide bonds. The summed E-state index contributed by atoms with van der Waals surface area (Å²) in [7, 11) is 0. The maximum atomic E-state index is 12.9. The van der Waals surface area contributed by atoms with Crippen LogP contribution in [0.15, 0.2) is 24.3 Å². The number of hydrogen-bond acceptors (Lipinski definition) is 5. The molecule has 1 aromatic rings. The number of likely N-dealkylation sites (tertiary alicyclic amines) is 1. The molecule has 1 aromatic carbocycles. The van der Waals surface area contributed by atoms with Gasteiger partial charge in [-0.1, -0.05) is 0 Å².